The molecule has 1 aliphatic rings. The average molecular weight is 434 g/mol. The van der Waals surface area contributed by atoms with Crippen LogP contribution in [-0.2, 0) is 4.74 Å². The molecule has 1 aromatic heterocycles. The number of nitrogens with zero attached hydrogens (tertiary/aromatic N) is 3. The summed E-state index contributed by atoms with van der Waals surface area (Å²) in [5.41, 5.74) is 3.49. The highest BCUT2D eigenvalue weighted by atomic mass is 35.5. The number of hydrogen-bond donors (Lipinski definition) is 2. The molecule has 10 heteroatoms. The highest BCUT2D eigenvalue weighted by molar-refractivity contribution is 7.80. The first kappa shape index (κ1) is 19.0. The van der Waals surface area contributed by atoms with Crippen molar-refractivity contribution < 1.29 is 9.53 Å². The molecule has 1 saturated heterocycles. The smallest absolute Gasteiger partial charge is 0.257 e. The largest absolute Gasteiger partial charge is 0.378 e. The normalized spacial score (nSPS) is 14.1. The predicted molar refractivity (Wildman–Crippen MR) is 116 cm³/mol. The van der Waals surface area contributed by atoms with E-state index in [2.05, 4.69) is 24.3 Å². The van der Waals surface area contributed by atoms with Crippen LogP contribution < -0.4 is 15.5 Å². The van der Waals surface area contributed by atoms with Crippen LogP contribution in [0.1, 0.15) is 10.4 Å². The number of hydrogen-bond acceptors (Lipinski definition) is 7. The molecule has 3 aromatic rings. The summed E-state index contributed by atoms with van der Waals surface area (Å²) in [5.74, 6) is -0.317. The van der Waals surface area contributed by atoms with Crippen molar-refractivity contribution in [3.63, 3.8) is 0 Å². The van der Waals surface area contributed by atoms with Gasteiger partial charge in [0, 0.05) is 18.7 Å². The summed E-state index contributed by atoms with van der Waals surface area (Å²) in [6, 6.07) is 10.7. The van der Waals surface area contributed by atoms with Crippen LogP contribution in [0.15, 0.2) is 36.4 Å². The number of morpholine rings is 1. The molecule has 0 aliphatic carbocycles. The Morgan fingerprint density at radius 2 is 1.96 bits per heavy atom. The van der Waals surface area contributed by atoms with Crippen molar-refractivity contribution in [1.29, 1.82) is 0 Å². The summed E-state index contributed by atoms with van der Waals surface area (Å²) >= 11 is 12.9. The number of fused-ring (bicyclic) bond motifs is 1. The summed E-state index contributed by atoms with van der Waals surface area (Å²) in [5, 5.41) is 6.60. The summed E-state index contributed by atoms with van der Waals surface area (Å²) in [4.78, 5) is 14.7. The van der Waals surface area contributed by atoms with Crippen LogP contribution in [-0.4, -0.2) is 46.1 Å². The van der Waals surface area contributed by atoms with Gasteiger partial charge in [0.15, 0.2) is 5.11 Å². The number of aromatic nitrogens is 2. The minimum Gasteiger partial charge on any atom is -0.378 e. The lowest BCUT2D eigenvalue weighted by Crippen LogP contribution is -2.38. The highest BCUT2D eigenvalue weighted by Crippen LogP contribution is 2.34. The molecule has 0 saturated carbocycles. The quantitative estimate of drug-likeness (QED) is 0.613. The SMILES string of the molecule is O=C(NC(=S)Nc1cccc(Cl)c1N1CCOCC1)c1ccc2nsnc2c1. The number of halogens is 1. The van der Waals surface area contributed by atoms with Crippen molar-refractivity contribution >= 4 is 69.0 Å². The van der Waals surface area contributed by atoms with Crippen molar-refractivity contribution in [3.05, 3.63) is 47.0 Å². The molecule has 1 aliphatic heterocycles. The van der Waals surface area contributed by atoms with Gasteiger partial charge in [-0.25, -0.2) is 0 Å². The van der Waals surface area contributed by atoms with Crippen LogP contribution in [0.5, 0.6) is 0 Å². The minimum absolute atomic E-state index is 0.193. The van der Waals surface area contributed by atoms with E-state index in [4.69, 9.17) is 28.6 Å². The monoisotopic (exact) mass is 433 g/mol. The summed E-state index contributed by atoms with van der Waals surface area (Å²) in [6.07, 6.45) is 0. The van der Waals surface area contributed by atoms with Gasteiger partial charge in [0.25, 0.3) is 5.91 Å². The van der Waals surface area contributed by atoms with Gasteiger partial charge in [-0.15, -0.1) is 0 Å². The summed E-state index contributed by atoms with van der Waals surface area (Å²) in [6.45, 7) is 2.75. The molecule has 4 rings (SSSR count). The van der Waals surface area contributed by atoms with Gasteiger partial charge < -0.3 is 15.0 Å². The van der Waals surface area contributed by atoms with E-state index < -0.39 is 0 Å². The van der Waals surface area contributed by atoms with Crippen molar-refractivity contribution in [3.8, 4) is 0 Å². The zero-order valence-electron chi connectivity index (χ0n) is 14.6. The maximum absolute atomic E-state index is 12.5. The first-order valence-corrected chi connectivity index (χ1v) is 10.1. The number of ether oxygens (including phenoxy) is 1. The first-order valence-electron chi connectivity index (χ1n) is 8.58. The first-order chi connectivity index (χ1) is 13.6. The lowest BCUT2D eigenvalue weighted by molar-refractivity contribution is 0.0978. The van der Waals surface area contributed by atoms with Crippen LogP contribution in [0.25, 0.3) is 11.0 Å². The van der Waals surface area contributed by atoms with Crippen molar-refractivity contribution in [2.75, 3.05) is 36.5 Å². The van der Waals surface area contributed by atoms with Gasteiger partial charge >= 0.3 is 0 Å². The second-order valence-electron chi connectivity index (χ2n) is 6.11. The second kappa shape index (κ2) is 8.36. The van der Waals surface area contributed by atoms with E-state index in [9.17, 15) is 4.79 Å². The van der Waals surface area contributed by atoms with E-state index in [0.29, 0.717) is 29.3 Å². The number of amides is 1. The van der Waals surface area contributed by atoms with E-state index in [0.717, 1.165) is 41.7 Å². The third-order valence-electron chi connectivity index (χ3n) is 4.31. The molecule has 7 nitrogen and oxygen atoms in total. The number of thiocarbonyl (C=S) groups is 1. The highest BCUT2D eigenvalue weighted by Gasteiger charge is 2.19. The number of nitrogens with one attached hydrogen (secondary N) is 2. The van der Waals surface area contributed by atoms with Crippen LogP contribution in [0, 0.1) is 0 Å². The zero-order valence-corrected chi connectivity index (χ0v) is 17.0. The number of carbonyl (C=O) groups is 1. The van der Waals surface area contributed by atoms with Gasteiger partial charge in [0.05, 0.1) is 41.3 Å². The van der Waals surface area contributed by atoms with Crippen LogP contribution in [0.4, 0.5) is 11.4 Å². The Bertz CT molecular complexity index is 1040. The molecule has 0 spiro atoms. The summed E-state index contributed by atoms with van der Waals surface area (Å²) in [7, 11) is 0. The average Bonchev–Trinajstić information content (AvgIpc) is 3.16. The maximum atomic E-state index is 12.5. The zero-order chi connectivity index (χ0) is 19.5. The number of anilines is 2. The van der Waals surface area contributed by atoms with E-state index in [1.165, 1.54) is 0 Å². The van der Waals surface area contributed by atoms with Gasteiger partial charge in [-0.3, -0.25) is 10.1 Å². The Hall–Kier alpha value is -2.33. The number of para-hydroxylation sites is 1. The summed E-state index contributed by atoms with van der Waals surface area (Å²) < 4.78 is 13.7. The molecule has 1 fully saturated rings. The molecule has 2 N–H and O–H groups in total. The Labute approximate surface area is 176 Å². The fourth-order valence-electron chi connectivity index (χ4n) is 2.98. The Morgan fingerprint density at radius 1 is 1.18 bits per heavy atom. The van der Waals surface area contributed by atoms with Crippen molar-refractivity contribution in [2.24, 2.45) is 0 Å². The molecule has 28 heavy (non-hydrogen) atoms. The topological polar surface area (TPSA) is 79.4 Å². The molecule has 0 bridgehead atoms. The third kappa shape index (κ3) is 4.07. The predicted octanol–water partition coefficient (Wildman–Crippen LogP) is 3.31. The molecule has 2 heterocycles. The number of rotatable bonds is 3. The fraction of sp³-hybridized carbons (Fsp3) is 0.222. The van der Waals surface area contributed by atoms with Crippen LogP contribution in [0.3, 0.4) is 0 Å². The molecule has 0 unspecified atom stereocenters. The Morgan fingerprint density at radius 3 is 2.79 bits per heavy atom. The van der Waals surface area contributed by atoms with Gasteiger partial charge in [0.1, 0.15) is 11.0 Å². The van der Waals surface area contributed by atoms with Crippen molar-refractivity contribution in [2.45, 2.75) is 0 Å². The number of benzene rings is 2. The van der Waals surface area contributed by atoms with Gasteiger partial charge in [-0.2, -0.15) is 8.75 Å². The lowest BCUT2D eigenvalue weighted by atomic mass is 10.2. The maximum Gasteiger partial charge on any atom is 0.257 e. The second-order valence-corrected chi connectivity index (χ2v) is 7.46. The molecule has 1 amide bonds. The molecular formula is C18H16ClN5O2S2. The third-order valence-corrected chi connectivity index (χ3v) is 5.37. The number of carbonyl (C=O) groups excluding carboxylic acids is 1. The standard InChI is InChI=1S/C18H16ClN5O2S2/c19-12-2-1-3-14(16(12)24-6-8-26-9-7-24)20-18(27)21-17(25)11-4-5-13-15(10-11)23-28-22-13/h1-5,10H,6-9H2,(H2,20,21,25,27). The van der Waals surface area contributed by atoms with Gasteiger partial charge in [-0.1, -0.05) is 17.7 Å². The molecule has 0 atom stereocenters. The van der Waals surface area contributed by atoms with Gasteiger partial charge in [-0.05, 0) is 42.5 Å². The molecular weight excluding hydrogens is 418 g/mol. The van der Waals surface area contributed by atoms with Crippen LogP contribution >= 0.6 is 35.5 Å². The molecule has 0 radical (unpaired) electrons. The van der Waals surface area contributed by atoms with Crippen LogP contribution in [0.2, 0.25) is 5.02 Å². The Kier molecular flexibility index (Phi) is 5.67. The van der Waals surface area contributed by atoms with E-state index in [-0.39, 0.29) is 11.0 Å². The van der Waals surface area contributed by atoms with E-state index in [1.807, 2.05) is 18.2 Å². The van der Waals surface area contributed by atoms with Crippen molar-refractivity contribution in [1.82, 2.24) is 14.1 Å². The minimum atomic E-state index is -0.317. The fourth-order valence-corrected chi connectivity index (χ4v) is 3.99. The van der Waals surface area contributed by atoms with Gasteiger partial charge in [0.2, 0.25) is 0 Å². The molecule has 2 aromatic carbocycles. The lowest BCUT2D eigenvalue weighted by Gasteiger charge is -2.31. The molecule has 144 valence electrons. The van der Waals surface area contributed by atoms with E-state index in [1.54, 1.807) is 18.2 Å². The van der Waals surface area contributed by atoms with E-state index >= 15 is 0 Å². The Balaban J connectivity index is 1.49.